The summed E-state index contributed by atoms with van der Waals surface area (Å²) in [4.78, 5) is 15.1. The highest BCUT2D eigenvalue weighted by atomic mass is 35.5. The average molecular weight is 361 g/mol. The van der Waals surface area contributed by atoms with Crippen molar-refractivity contribution in [2.45, 2.75) is 25.3 Å². The van der Waals surface area contributed by atoms with Crippen LogP contribution in [-0.4, -0.2) is 66.8 Å². The van der Waals surface area contributed by atoms with Crippen LogP contribution in [0.15, 0.2) is 24.3 Å². The van der Waals surface area contributed by atoms with Crippen LogP contribution in [0.3, 0.4) is 0 Å². The molecule has 0 saturated carbocycles. The Kier molecular flexibility index (Phi) is 9.03. The number of rotatable bonds is 8. The van der Waals surface area contributed by atoms with Gasteiger partial charge in [-0.25, -0.2) is 4.39 Å². The van der Waals surface area contributed by atoms with Gasteiger partial charge in [-0.15, -0.1) is 12.4 Å². The number of carboxylic acid groups (broad SMARTS) is 1. The summed E-state index contributed by atoms with van der Waals surface area (Å²) in [5, 5.41) is 8.83. The van der Waals surface area contributed by atoms with Crippen LogP contribution in [0.1, 0.15) is 19.3 Å². The van der Waals surface area contributed by atoms with Crippen LogP contribution < -0.4 is 4.74 Å². The zero-order chi connectivity index (χ0) is 16.7. The van der Waals surface area contributed by atoms with E-state index in [9.17, 15) is 9.18 Å². The molecule has 0 amide bonds. The second-order valence-electron chi connectivity index (χ2n) is 6.04. The Morgan fingerprint density at radius 2 is 1.96 bits per heavy atom. The van der Waals surface area contributed by atoms with Crippen molar-refractivity contribution in [2.24, 2.45) is 0 Å². The fourth-order valence-electron chi connectivity index (χ4n) is 2.94. The van der Waals surface area contributed by atoms with E-state index in [1.165, 1.54) is 12.1 Å². The van der Waals surface area contributed by atoms with Gasteiger partial charge in [0.1, 0.15) is 11.6 Å². The van der Waals surface area contributed by atoms with Crippen LogP contribution in [0.25, 0.3) is 0 Å². The van der Waals surface area contributed by atoms with Gasteiger partial charge in [0.25, 0.3) is 0 Å². The molecule has 5 nitrogen and oxygen atoms in total. The van der Waals surface area contributed by atoms with Crippen molar-refractivity contribution in [1.29, 1.82) is 0 Å². The molecule has 1 aromatic carbocycles. The molecule has 0 unspecified atom stereocenters. The first kappa shape index (κ1) is 20.7. The van der Waals surface area contributed by atoms with E-state index in [4.69, 9.17) is 9.84 Å². The van der Waals surface area contributed by atoms with Gasteiger partial charge in [0, 0.05) is 12.6 Å². The van der Waals surface area contributed by atoms with Crippen molar-refractivity contribution < 1.29 is 19.0 Å². The number of hydrogen-bond acceptors (Lipinski definition) is 4. The fraction of sp³-hybridized carbons (Fsp3) is 0.588. The number of halogens is 2. The third-order valence-corrected chi connectivity index (χ3v) is 4.27. The Morgan fingerprint density at radius 3 is 2.54 bits per heavy atom. The lowest BCUT2D eigenvalue weighted by Gasteiger charge is -2.36. The number of piperidine rings is 1. The largest absolute Gasteiger partial charge is 0.494 e. The molecule has 0 radical (unpaired) electrons. The van der Waals surface area contributed by atoms with Crippen molar-refractivity contribution >= 4 is 18.4 Å². The van der Waals surface area contributed by atoms with Gasteiger partial charge in [-0.3, -0.25) is 9.69 Å². The quantitative estimate of drug-likeness (QED) is 0.722. The van der Waals surface area contributed by atoms with E-state index < -0.39 is 5.97 Å². The molecule has 0 spiro atoms. The minimum Gasteiger partial charge on any atom is -0.494 e. The van der Waals surface area contributed by atoms with Crippen LogP contribution in [0.2, 0.25) is 0 Å². The summed E-state index contributed by atoms with van der Waals surface area (Å²) in [5.74, 6) is -0.332. The number of carbonyl (C=O) groups is 1. The SMILES string of the molecule is CN(CC(=O)O)C1CCN(CCCOc2ccc(F)cc2)CC1.Cl. The summed E-state index contributed by atoms with van der Waals surface area (Å²) < 4.78 is 18.4. The van der Waals surface area contributed by atoms with Crippen molar-refractivity contribution in [1.82, 2.24) is 9.80 Å². The van der Waals surface area contributed by atoms with Crippen LogP contribution in [0.5, 0.6) is 5.75 Å². The molecule has 1 aliphatic heterocycles. The number of likely N-dealkylation sites (N-methyl/N-ethyl adjacent to an activating group) is 1. The van der Waals surface area contributed by atoms with Gasteiger partial charge in [-0.1, -0.05) is 0 Å². The first-order valence-corrected chi connectivity index (χ1v) is 8.07. The summed E-state index contributed by atoms with van der Waals surface area (Å²) in [6.45, 7) is 3.67. The van der Waals surface area contributed by atoms with Crippen molar-refractivity contribution in [3.05, 3.63) is 30.1 Å². The molecular formula is C17H26ClFN2O3. The number of likely N-dealkylation sites (tertiary alicyclic amines) is 1. The first-order valence-electron chi connectivity index (χ1n) is 8.07. The van der Waals surface area contributed by atoms with E-state index in [2.05, 4.69) is 4.90 Å². The van der Waals surface area contributed by atoms with E-state index >= 15 is 0 Å². The maximum Gasteiger partial charge on any atom is 0.317 e. The van der Waals surface area contributed by atoms with Gasteiger partial charge in [-0.2, -0.15) is 0 Å². The zero-order valence-electron chi connectivity index (χ0n) is 14.0. The summed E-state index contributed by atoms with van der Waals surface area (Å²) in [6, 6.07) is 6.43. The molecule has 2 rings (SSSR count). The molecule has 1 saturated heterocycles. The highest BCUT2D eigenvalue weighted by Gasteiger charge is 2.23. The van der Waals surface area contributed by atoms with E-state index in [0.717, 1.165) is 38.9 Å². The van der Waals surface area contributed by atoms with Gasteiger partial charge in [-0.05, 0) is 63.7 Å². The molecule has 0 aliphatic carbocycles. The monoisotopic (exact) mass is 360 g/mol. The normalized spacial score (nSPS) is 16.0. The Bertz CT molecular complexity index is 493. The number of ether oxygens (including phenoxy) is 1. The van der Waals surface area contributed by atoms with Crippen LogP contribution >= 0.6 is 12.4 Å². The van der Waals surface area contributed by atoms with Gasteiger partial charge >= 0.3 is 5.97 Å². The molecule has 1 aliphatic rings. The molecule has 24 heavy (non-hydrogen) atoms. The number of hydrogen-bond donors (Lipinski definition) is 1. The lowest BCUT2D eigenvalue weighted by Crippen LogP contribution is -2.45. The number of nitrogens with zero attached hydrogens (tertiary/aromatic N) is 2. The van der Waals surface area contributed by atoms with Crippen molar-refractivity contribution in [3.63, 3.8) is 0 Å². The molecule has 0 atom stereocenters. The standard InChI is InChI=1S/C17H25FN2O3.ClH/c1-19(13-17(21)22)15-7-10-20(11-8-15)9-2-12-23-16-5-3-14(18)4-6-16;/h3-6,15H,2,7-13H2,1H3,(H,21,22);1H. The van der Waals surface area contributed by atoms with Gasteiger partial charge in [0.2, 0.25) is 0 Å². The number of benzene rings is 1. The minimum absolute atomic E-state index is 0. The van der Waals surface area contributed by atoms with E-state index in [1.54, 1.807) is 12.1 Å². The molecule has 0 aromatic heterocycles. The highest BCUT2D eigenvalue weighted by Crippen LogP contribution is 2.16. The summed E-state index contributed by atoms with van der Waals surface area (Å²) in [6.07, 6.45) is 2.93. The number of aliphatic carboxylic acids is 1. The molecule has 1 heterocycles. The fourth-order valence-corrected chi connectivity index (χ4v) is 2.94. The van der Waals surface area contributed by atoms with E-state index in [-0.39, 0.29) is 24.8 Å². The minimum atomic E-state index is -0.770. The second kappa shape index (κ2) is 10.5. The Hall–Kier alpha value is -1.37. The maximum atomic E-state index is 12.8. The maximum absolute atomic E-state index is 12.8. The number of carboxylic acids is 1. The molecule has 1 N–H and O–H groups in total. The van der Waals surface area contributed by atoms with Gasteiger partial charge < -0.3 is 14.7 Å². The predicted octanol–water partition coefficient (Wildman–Crippen LogP) is 2.50. The van der Waals surface area contributed by atoms with Crippen LogP contribution in [0, 0.1) is 5.82 Å². The van der Waals surface area contributed by atoms with Crippen LogP contribution in [-0.2, 0) is 4.79 Å². The van der Waals surface area contributed by atoms with E-state index in [1.807, 2.05) is 11.9 Å². The first-order chi connectivity index (χ1) is 11.0. The molecule has 136 valence electrons. The predicted molar refractivity (Wildman–Crippen MR) is 93.5 cm³/mol. The molecule has 0 bridgehead atoms. The summed E-state index contributed by atoms with van der Waals surface area (Å²) >= 11 is 0. The van der Waals surface area contributed by atoms with Crippen LogP contribution in [0.4, 0.5) is 4.39 Å². The Balaban J connectivity index is 0.00000288. The lowest BCUT2D eigenvalue weighted by atomic mass is 10.0. The molecule has 7 heteroatoms. The molecular weight excluding hydrogens is 335 g/mol. The highest BCUT2D eigenvalue weighted by molar-refractivity contribution is 5.85. The molecule has 1 fully saturated rings. The van der Waals surface area contributed by atoms with Crippen molar-refractivity contribution in [3.8, 4) is 5.75 Å². The average Bonchev–Trinajstić information content (AvgIpc) is 2.53. The Labute approximate surface area is 148 Å². The van der Waals surface area contributed by atoms with Crippen molar-refractivity contribution in [2.75, 3.05) is 39.8 Å². The molecule has 1 aromatic rings. The Morgan fingerprint density at radius 1 is 1.33 bits per heavy atom. The van der Waals surface area contributed by atoms with Gasteiger partial charge in [0.05, 0.1) is 13.2 Å². The third-order valence-electron chi connectivity index (χ3n) is 4.27. The van der Waals surface area contributed by atoms with Gasteiger partial charge in [0.15, 0.2) is 0 Å². The zero-order valence-corrected chi connectivity index (χ0v) is 14.8. The second-order valence-corrected chi connectivity index (χ2v) is 6.04. The van der Waals surface area contributed by atoms with E-state index in [0.29, 0.717) is 18.4 Å². The summed E-state index contributed by atoms with van der Waals surface area (Å²) in [5.41, 5.74) is 0. The third kappa shape index (κ3) is 7.03. The smallest absolute Gasteiger partial charge is 0.317 e. The lowest BCUT2D eigenvalue weighted by molar-refractivity contribution is -0.138. The summed E-state index contributed by atoms with van der Waals surface area (Å²) in [7, 11) is 1.88. The topological polar surface area (TPSA) is 53.0 Å².